The second-order valence-electron chi connectivity index (χ2n) is 3.25. The lowest BCUT2D eigenvalue weighted by Gasteiger charge is -2.01. The van der Waals surface area contributed by atoms with Crippen LogP contribution in [0.4, 0.5) is 20.3 Å². The summed E-state index contributed by atoms with van der Waals surface area (Å²) in [5.41, 5.74) is 4.80. The van der Waals surface area contributed by atoms with Gasteiger partial charge in [-0.1, -0.05) is 0 Å². The highest BCUT2D eigenvalue weighted by atomic mass is 19.2. The molecule has 0 bridgehead atoms. The number of nitro benzene ring substituents is 1. The van der Waals surface area contributed by atoms with Crippen molar-refractivity contribution in [1.29, 1.82) is 0 Å². The van der Waals surface area contributed by atoms with Crippen LogP contribution in [0.1, 0.15) is 0 Å². The number of nitrogens with zero attached hydrogens (tertiary/aromatic N) is 2. The van der Waals surface area contributed by atoms with E-state index in [4.69, 9.17) is 5.73 Å². The molecular weight excluding hydrogens is 234 g/mol. The Hall–Kier alpha value is -2.51. The predicted molar refractivity (Wildman–Crippen MR) is 55.0 cm³/mol. The summed E-state index contributed by atoms with van der Waals surface area (Å²) in [5.74, 6) is -2.37. The van der Waals surface area contributed by atoms with Crippen molar-refractivity contribution < 1.29 is 13.7 Å². The third-order valence-electron chi connectivity index (χ3n) is 2.12. The zero-order chi connectivity index (χ0) is 12.6. The molecular formula is C9H6F2N4O2. The summed E-state index contributed by atoms with van der Waals surface area (Å²) >= 11 is 0. The third-order valence-corrected chi connectivity index (χ3v) is 2.12. The summed E-state index contributed by atoms with van der Waals surface area (Å²) in [5, 5.41) is 16.7. The van der Waals surface area contributed by atoms with E-state index >= 15 is 0 Å². The van der Waals surface area contributed by atoms with Gasteiger partial charge in [-0.2, -0.15) is 5.10 Å². The summed E-state index contributed by atoms with van der Waals surface area (Å²) < 4.78 is 26.0. The first-order valence-electron chi connectivity index (χ1n) is 4.43. The molecule has 0 atom stereocenters. The third kappa shape index (κ3) is 1.92. The quantitative estimate of drug-likeness (QED) is 0.618. The minimum atomic E-state index is -1.28. The Labute approximate surface area is 93.2 Å². The Morgan fingerprint density at radius 3 is 2.47 bits per heavy atom. The number of hydrogen-bond acceptors (Lipinski definition) is 4. The van der Waals surface area contributed by atoms with Crippen LogP contribution in [-0.2, 0) is 0 Å². The van der Waals surface area contributed by atoms with Crippen molar-refractivity contribution in [3.8, 4) is 11.3 Å². The molecule has 17 heavy (non-hydrogen) atoms. The molecule has 0 unspecified atom stereocenters. The van der Waals surface area contributed by atoms with E-state index in [1.54, 1.807) is 0 Å². The molecule has 0 amide bonds. The van der Waals surface area contributed by atoms with Gasteiger partial charge in [-0.25, -0.2) is 8.78 Å². The molecule has 2 rings (SSSR count). The molecule has 8 heteroatoms. The number of halogens is 2. The van der Waals surface area contributed by atoms with Crippen LogP contribution < -0.4 is 5.73 Å². The fraction of sp³-hybridized carbons (Fsp3) is 0. The van der Waals surface area contributed by atoms with E-state index in [2.05, 4.69) is 10.2 Å². The van der Waals surface area contributed by atoms with Gasteiger partial charge in [0.05, 0.1) is 22.2 Å². The predicted octanol–water partition coefficient (Wildman–Crippen LogP) is 1.85. The van der Waals surface area contributed by atoms with Crippen LogP contribution >= 0.6 is 0 Å². The van der Waals surface area contributed by atoms with Crippen molar-refractivity contribution in [2.75, 3.05) is 5.73 Å². The van der Waals surface area contributed by atoms with E-state index in [-0.39, 0.29) is 17.1 Å². The Kier molecular flexibility index (Phi) is 2.47. The lowest BCUT2D eigenvalue weighted by atomic mass is 10.1. The minimum Gasteiger partial charge on any atom is -0.382 e. The van der Waals surface area contributed by atoms with E-state index in [0.717, 1.165) is 6.07 Å². The van der Waals surface area contributed by atoms with E-state index in [0.29, 0.717) is 6.07 Å². The molecule has 3 N–H and O–H groups in total. The number of nitro groups is 1. The molecule has 0 fully saturated rings. The molecule has 6 nitrogen and oxygen atoms in total. The summed E-state index contributed by atoms with van der Waals surface area (Å²) in [6.45, 7) is 0. The van der Waals surface area contributed by atoms with Gasteiger partial charge < -0.3 is 5.73 Å². The van der Waals surface area contributed by atoms with Gasteiger partial charge in [-0.15, -0.1) is 0 Å². The van der Waals surface area contributed by atoms with E-state index in [1.165, 1.54) is 6.07 Å². The van der Waals surface area contributed by atoms with Crippen molar-refractivity contribution in [3.63, 3.8) is 0 Å². The van der Waals surface area contributed by atoms with Crippen molar-refractivity contribution in [3.05, 3.63) is 39.9 Å². The molecule has 0 saturated carbocycles. The SMILES string of the molecule is Nc1cc(-c2cc(F)c(F)cc2[N+](=O)[O-])[nH]n1. The topological polar surface area (TPSA) is 97.8 Å². The number of aromatic nitrogens is 2. The second-order valence-corrected chi connectivity index (χ2v) is 3.25. The molecule has 2 aromatic rings. The summed E-state index contributed by atoms with van der Waals surface area (Å²) in [6.07, 6.45) is 0. The van der Waals surface area contributed by atoms with Gasteiger partial charge in [0.1, 0.15) is 5.82 Å². The van der Waals surface area contributed by atoms with Crippen molar-refractivity contribution in [2.45, 2.75) is 0 Å². The first kappa shape index (κ1) is 11.0. The number of H-pyrrole nitrogens is 1. The molecule has 0 radical (unpaired) electrons. The van der Waals surface area contributed by atoms with Crippen LogP contribution in [0, 0.1) is 21.7 Å². The number of hydrogen-bond donors (Lipinski definition) is 2. The normalized spacial score (nSPS) is 10.5. The Bertz CT molecular complexity index is 597. The fourth-order valence-corrected chi connectivity index (χ4v) is 1.38. The summed E-state index contributed by atoms with van der Waals surface area (Å²) in [4.78, 5) is 9.91. The van der Waals surface area contributed by atoms with Crippen LogP contribution in [0.25, 0.3) is 11.3 Å². The van der Waals surface area contributed by atoms with Crippen LogP contribution in [0.2, 0.25) is 0 Å². The highest BCUT2D eigenvalue weighted by molar-refractivity contribution is 5.72. The van der Waals surface area contributed by atoms with Crippen molar-refractivity contribution in [1.82, 2.24) is 10.2 Å². The Morgan fingerprint density at radius 1 is 1.29 bits per heavy atom. The lowest BCUT2D eigenvalue weighted by molar-refractivity contribution is -0.384. The number of nitrogens with one attached hydrogen (secondary N) is 1. The standard InChI is InChI=1S/C9H6F2N4O2/c10-5-1-4(7-3-9(12)14-13-7)8(15(16)17)2-6(5)11/h1-3H,(H3,12,13,14). The van der Waals surface area contributed by atoms with Crippen LogP contribution in [-0.4, -0.2) is 15.1 Å². The maximum Gasteiger partial charge on any atom is 0.281 e. The fourth-order valence-electron chi connectivity index (χ4n) is 1.38. The summed E-state index contributed by atoms with van der Waals surface area (Å²) in [7, 11) is 0. The highest BCUT2D eigenvalue weighted by Gasteiger charge is 2.21. The van der Waals surface area contributed by atoms with Crippen molar-refractivity contribution >= 4 is 11.5 Å². The molecule has 0 aliphatic carbocycles. The molecule has 0 aliphatic rings. The maximum atomic E-state index is 13.1. The van der Waals surface area contributed by atoms with E-state index in [1.807, 2.05) is 0 Å². The Morgan fingerprint density at radius 2 is 1.94 bits per heavy atom. The Balaban J connectivity index is 2.67. The van der Waals surface area contributed by atoms with Gasteiger partial charge in [0.25, 0.3) is 5.69 Å². The number of aromatic amines is 1. The number of rotatable bonds is 2. The molecule has 0 aliphatic heterocycles. The van der Waals surface area contributed by atoms with E-state index in [9.17, 15) is 18.9 Å². The first-order chi connectivity index (χ1) is 7.99. The zero-order valence-electron chi connectivity index (χ0n) is 8.28. The average Bonchev–Trinajstić information content (AvgIpc) is 2.68. The van der Waals surface area contributed by atoms with Crippen LogP contribution in [0.15, 0.2) is 18.2 Å². The van der Waals surface area contributed by atoms with Crippen LogP contribution in [0.3, 0.4) is 0 Å². The van der Waals surface area contributed by atoms with Gasteiger partial charge >= 0.3 is 0 Å². The minimum absolute atomic E-state index is 0.0963. The maximum absolute atomic E-state index is 13.1. The number of anilines is 1. The molecule has 1 aromatic carbocycles. The van der Waals surface area contributed by atoms with Gasteiger partial charge in [-0.05, 0) is 6.07 Å². The highest BCUT2D eigenvalue weighted by Crippen LogP contribution is 2.31. The van der Waals surface area contributed by atoms with Gasteiger partial charge in [0.15, 0.2) is 11.6 Å². The van der Waals surface area contributed by atoms with Crippen LogP contribution in [0.5, 0.6) is 0 Å². The lowest BCUT2D eigenvalue weighted by Crippen LogP contribution is -1.96. The monoisotopic (exact) mass is 240 g/mol. The number of nitrogen functional groups attached to an aromatic ring is 1. The smallest absolute Gasteiger partial charge is 0.281 e. The van der Waals surface area contributed by atoms with Gasteiger partial charge in [-0.3, -0.25) is 15.2 Å². The van der Waals surface area contributed by atoms with E-state index < -0.39 is 22.2 Å². The number of benzene rings is 1. The number of nitrogens with two attached hydrogens (primary N) is 1. The second kappa shape index (κ2) is 3.81. The molecule has 1 aromatic heterocycles. The molecule has 0 spiro atoms. The zero-order valence-corrected chi connectivity index (χ0v) is 8.28. The molecule has 0 saturated heterocycles. The molecule has 88 valence electrons. The molecule has 1 heterocycles. The first-order valence-corrected chi connectivity index (χ1v) is 4.43. The average molecular weight is 240 g/mol. The largest absolute Gasteiger partial charge is 0.382 e. The van der Waals surface area contributed by atoms with Gasteiger partial charge in [0, 0.05) is 6.07 Å². The van der Waals surface area contributed by atoms with Crippen molar-refractivity contribution in [2.24, 2.45) is 0 Å². The summed E-state index contributed by atoms with van der Waals surface area (Å²) in [6, 6.07) is 2.53. The van der Waals surface area contributed by atoms with Gasteiger partial charge in [0.2, 0.25) is 0 Å².